The average molecular weight is 297 g/mol. The van der Waals surface area contributed by atoms with Crippen molar-refractivity contribution in [3.8, 4) is 0 Å². The Kier molecular flexibility index (Phi) is 4.00. The van der Waals surface area contributed by atoms with Gasteiger partial charge in [-0.1, -0.05) is 30.7 Å². The molecule has 0 N–H and O–H groups in total. The molecule has 0 atom stereocenters. The minimum atomic E-state index is -0.0817. The maximum absolute atomic E-state index is 12.4. The standard InChI is InChI=1S/C16H19N5O/c1-3-4-9-20-10-13(18-19-20)11-21-15-8-6-5-7-14(15)17-12(2)16(21)22/h5-8,10H,3-4,9,11H2,1-2H3. The SMILES string of the molecule is CCCCn1cc(Cn2c(=O)c(C)nc3ccccc32)nn1. The normalized spacial score (nSPS) is 11.2. The van der Waals surface area contributed by atoms with Crippen LogP contribution in [0.15, 0.2) is 35.3 Å². The molecule has 6 heteroatoms. The number of hydrogen-bond donors (Lipinski definition) is 0. The van der Waals surface area contributed by atoms with E-state index < -0.39 is 0 Å². The van der Waals surface area contributed by atoms with Crippen LogP contribution < -0.4 is 5.56 Å². The fourth-order valence-corrected chi connectivity index (χ4v) is 2.48. The molecule has 1 aromatic carbocycles. The van der Waals surface area contributed by atoms with Crippen molar-refractivity contribution in [2.45, 2.75) is 39.8 Å². The lowest BCUT2D eigenvalue weighted by Gasteiger charge is -2.09. The summed E-state index contributed by atoms with van der Waals surface area (Å²) in [4.78, 5) is 16.8. The van der Waals surface area contributed by atoms with Crippen molar-refractivity contribution in [3.63, 3.8) is 0 Å². The first-order valence-corrected chi connectivity index (χ1v) is 7.54. The van der Waals surface area contributed by atoms with Crippen molar-refractivity contribution in [1.29, 1.82) is 0 Å². The Morgan fingerprint density at radius 3 is 2.86 bits per heavy atom. The number of aromatic nitrogens is 5. The molecular formula is C16H19N5O. The number of hydrogen-bond acceptors (Lipinski definition) is 4. The van der Waals surface area contributed by atoms with Crippen LogP contribution in [0, 0.1) is 6.92 Å². The van der Waals surface area contributed by atoms with E-state index in [0.717, 1.165) is 36.1 Å². The second-order valence-electron chi connectivity index (χ2n) is 5.40. The van der Waals surface area contributed by atoms with Crippen LogP contribution in [0.1, 0.15) is 31.2 Å². The molecule has 2 aromatic heterocycles. The van der Waals surface area contributed by atoms with Crippen molar-refractivity contribution in [1.82, 2.24) is 24.5 Å². The van der Waals surface area contributed by atoms with Gasteiger partial charge in [-0.2, -0.15) is 0 Å². The van der Waals surface area contributed by atoms with Crippen LogP contribution in [0.2, 0.25) is 0 Å². The molecule has 3 rings (SSSR count). The highest BCUT2D eigenvalue weighted by Gasteiger charge is 2.10. The molecule has 0 aliphatic rings. The molecule has 6 nitrogen and oxygen atoms in total. The van der Waals surface area contributed by atoms with Gasteiger partial charge in [0.25, 0.3) is 5.56 Å². The van der Waals surface area contributed by atoms with Crippen molar-refractivity contribution in [3.05, 3.63) is 52.2 Å². The van der Waals surface area contributed by atoms with Crippen molar-refractivity contribution >= 4 is 11.0 Å². The Morgan fingerprint density at radius 2 is 2.05 bits per heavy atom. The van der Waals surface area contributed by atoms with E-state index in [4.69, 9.17) is 0 Å². The fourth-order valence-electron chi connectivity index (χ4n) is 2.48. The number of unbranched alkanes of at least 4 members (excludes halogenated alkanes) is 1. The Bertz CT molecular complexity index is 849. The molecule has 0 spiro atoms. The van der Waals surface area contributed by atoms with Crippen LogP contribution >= 0.6 is 0 Å². The van der Waals surface area contributed by atoms with E-state index in [-0.39, 0.29) is 5.56 Å². The van der Waals surface area contributed by atoms with Crippen LogP contribution in [0.4, 0.5) is 0 Å². The first kappa shape index (κ1) is 14.4. The smallest absolute Gasteiger partial charge is 0.272 e. The second kappa shape index (κ2) is 6.09. The van der Waals surface area contributed by atoms with Gasteiger partial charge in [-0.05, 0) is 25.5 Å². The second-order valence-corrected chi connectivity index (χ2v) is 5.40. The molecule has 2 heterocycles. The molecule has 0 saturated carbocycles. The topological polar surface area (TPSA) is 65.6 Å². The molecular weight excluding hydrogens is 278 g/mol. The van der Waals surface area contributed by atoms with Gasteiger partial charge in [0, 0.05) is 6.54 Å². The molecule has 0 aliphatic carbocycles. The summed E-state index contributed by atoms with van der Waals surface area (Å²) in [7, 11) is 0. The van der Waals surface area contributed by atoms with Gasteiger partial charge in [0.15, 0.2) is 0 Å². The quantitative estimate of drug-likeness (QED) is 0.723. The minimum Gasteiger partial charge on any atom is -0.299 e. The molecule has 0 unspecified atom stereocenters. The van der Waals surface area contributed by atoms with Crippen molar-refractivity contribution in [2.75, 3.05) is 0 Å². The number of rotatable bonds is 5. The zero-order valence-corrected chi connectivity index (χ0v) is 12.9. The zero-order valence-electron chi connectivity index (χ0n) is 12.9. The van der Waals surface area contributed by atoms with Gasteiger partial charge < -0.3 is 0 Å². The van der Waals surface area contributed by atoms with Crippen LogP contribution in [-0.4, -0.2) is 24.5 Å². The third-order valence-electron chi connectivity index (χ3n) is 3.66. The Morgan fingerprint density at radius 1 is 1.23 bits per heavy atom. The molecule has 22 heavy (non-hydrogen) atoms. The van der Waals surface area contributed by atoms with Crippen molar-refractivity contribution in [2.24, 2.45) is 0 Å². The van der Waals surface area contributed by atoms with E-state index in [0.29, 0.717) is 12.2 Å². The maximum atomic E-state index is 12.4. The molecule has 0 saturated heterocycles. The molecule has 114 valence electrons. The minimum absolute atomic E-state index is 0.0817. The summed E-state index contributed by atoms with van der Waals surface area (Å²) in [5.41, 5.74) is 2.84. The van der Waals surface area contributed by atoms with E-state index >= 15 is 0 Å². The summed E-state index contributed by atoms with van der Waals surface area (Å²) in [5, 5.41) is 8.29. The lowest BCUT2D eigenvalue weighted by Crippen LogP contribution is -2.24. The number of fused-ring (bicyclic) bond motifs is 1. The van der Waals surface area contributed by atoms with E-state index in [1.54, 1.807) is 11.5 Å². The summed E-state index contributed by atoms with van der Waals surface area (Å²) in [6.07, 6.45) is 4.09. The molecule has 0 bridgehead atoms. The molecule has 3 aromatic rings. The summed E-state index contributed by atoms with van der Waals surface area (Å²) < 4.78 is 3.55. The highest BCUT2D eigenvalue weighted by molar-refractivity contribution is 5.74. The lowest BCUT2D eigenvalue weighted by atomic mass is 10.2. The van der Waals surface area contributed by atoms with Gasteiger partial charge in [-0.3, -0.25) is 14.0 Å². The number of benzene rings is 1. The molecule has 0 amide bonds. The predicted molar refractivity (Wildman–Crippen MR) is 84.8 cm³/mol. The summed E-state index contributed by atoms with van der Waals surface area (Å²) >= 11 is 0. The third-order valence-corrected chi connectivity index (χ3v) is 3.66. The van der Waals surface area contributed by atoms with Gasteiger partial charge in [-0.15, -0.1) is 5.10 Å². The Hall–Kier alpha value is -2.50. The van der Waals surface area contributed by atoms with Crippen LogP contribution in [0.5, 0.6) is 0 Å². The van der Waals surface area contributed by atoms with Gasteiger partial charge in [0.1, 0.15) is 11.4 Å². The Labute approximate surface area is 128 Å². The van der Waals surface area contributed by atoms with E-state index in [1.807, 2.05) is 35.1 Å². The number of para-hydroxylation sites is 2. The predicted octanol–water partition coefficient (Wildman–Crippen LogP) is 2.14. The average Bonchev–Trinajstić information content (AvgIpc) is 2.97. The fraction of sp³-hybridized carbons (Fsp3) is 0.375. The van der Waals surface area contributed by atoms with E-state index in [9.17, 15) is 4.79 Å². The monoisotopic (exact) mass is 297 g/mol. The highest BCUT2D eigenvalue weighted by Crippen LogP contribution is 2.11. The van der Waals surface area contributed by atoms with E-state index in [2.05, 4.69) is 22.2 Å². The van der Waals surface area contributed by atoms with Gasteiger partial charge in [-0.25, -0.2) is 4.98 Å². The lowest BCUT2D eigenvalue weighted by molar-refractivity contribution is 0.553. The first-order chi connectivity index (χ1) is 10.7. The summed E-state index contributed by atoms with van der Waals surface area (Å²) in [6.45, 7) is 5.15. The molecule has 0 aliphatic heterocycles. The van der Waals surface area contributed by atoms with Crippen LogP contribution in [0.25, 0.3) is 11.0 Å². The highest BCUT2D eigenvalue weighted by atomic mass is 16.1. The summed E-state index contributed by atoms with van der Waals surface area (Å²) in [6, 6.07) is 7.65. The van der Waals surface area contributed by atoms with Crippen LogP contribution in [0.3, 0.4) is 0 Å². The molecule has 0 fully saturated rings. The first-order valence-electron chi connectivity index (χ1n) is 7.54. The Balaban J connectivity index is 1.98. The van der Waals surface area contributed by atoms with Gasteiger partial charge >= 0.3 is 0 Å². The van der Waals surface area contributed by atoms with Crippen molar-refractivity contribution < 1.29 is 0 Å². The maximum Gasteiger partial charge on any atom is 0.272 e. The number of nitrogens with zero attached hydrogens (tertiary/aromatic N) is 5. The third kappa shape index (κ3) is 2.77. The van der Waals surface area contributed by atoms with Gasteiger partial charge in [0.05, 0.1) is 23.8 Å². The number of aryl methyl sites for hydroxylation is 2. The van der Waals surface area contributed by atoms with E-state index in [1.165, 1.54) is 0 Å². The zero-order chi connectivity index (χ0) is 15.5. The molecule has 0 radical (unpaired) electrons. The largest absolute Gasteiger partial charge is 0.299 e. The van der Waals surface area contributed by atoms with Gasteiger partial charge in [0.2, 0.25) is 0 Å². The summed E-state index contributed by atoms with van der Waals surface area (Å²) in [5.74, 6) is 0. The van der Waals surface area contributed by atoms with Crippen LogP contribution in [-0.2, 0) is 13.1 Å².